The summed E-state index contributed by atoms with van der Waals surface area (Å²) in [7, 11) is 0. The van der Waals surface area contributed by atoms with Gasteiger partial charge >= 0.3 is 11.9 Å². The Hall–Kier alpha value is -1.89. The molecule has 2 aromatic rings. The molecule has 1 unspecified atom stereocenters. The first-order valence-corrected chi connectivity index (χ1v) is 10.6. The van der Waals surface area contributed by atoms with Crippen LogP contribution in [0.3, 0.4) is 0 Å². The number of carbonyl (C=O) groups is 1. The van der Waals surface area contributed by atoms with Gasteiger partial charge in [0.15, 0.2) is 12.4 Å². The van der Waals surface area contributed by atoms with Crippen molar-refractivity contribution in [3.63, 3.8) is 0 Å². The first kappa shape index (κ1) is 28.3. The summed E-state index contributed by atoms with van der Waals surface area (Å²) < 4.78 is 41.0. The average Bonchev–Trinajstić information content (AvgIpc) is 2.80. The molecule has 0 bridgehead atoms. The van der Waals surface area contributed by atoms with Crippen LogP contribution < -0.4 is 0 Å². The number of aliphatic hydroxyl groups is 3. The van der Waals surface area contributed by atoms with E-state index in [2.05, 4.69) is 4.74 Å². The van der Waals surface area contributed by atoms with E-state index >= 15 is 4.39 Å². The van der Waals surface area contributed by atoms with Crippen LogP contribution in [-0.4, -0.2) is 55.1 Å². The van der Waals surface area contributed by atoms with Gasteiger partial charge in [0.2, 0.25) is 5.90 Å². The van der Waals surface area contributed by atoms with E-state index in [1.54, 1.807) is 48.5 Å². The summed E-state index contributed by atoms with van der Waals surface area (Å²) in [4.78, 5) is 11.6. The summed E-state index contributed by atoms with van der Waals surface area (Å²) in [6.45, 7) is -1.06. The van der Waals surface area contributed by atoms with Gasteiger partial charge < -0.3 is 29.5 Å². The molecule has 0 aliphatic heterocycles. The van der Waals surface area contributed by atoms with Gasteiger partial charge in [-0.1, -0.05) is 95.5 Å². The maximum atomic E-state index is 15.7. The minimum absolute atomic E-state index is 0.276. The maximum absolute atomic E-state index is 15.7. The highest BCUT2D eigenvalue weighted by Crippen LogP contribution is 2.40. The number of hydrogen-bond acceptors (Lipinski definition) is 8. The van der Waals surface area contributed by atoms with E-state index in [1.807, 2.05) is 0 Å². The molecule has 0 heterocycles. The lowest BCUT2D eigenvalue weighted by atomic mass is 9.99. The molecule has 4 atom stereocenters. The Balaban J connectivity index is 2.39. The fourth-order valence-corrected chi connectivity index (χ4v) is 2.74. The number of rotatable bonds is 11. The molecule has 0 amide bonds. The largest absolute Gasteiger partial charge is 0.427 e. The monoisotopic (exact) mass is 541 g/mol. The summed E-state index contributed by atoms with van der Waals surface area (Å²) in [6.07, 6.45) is -5.31. The molecule has 0 aliphatic rings. The second-order valence-electron chi connectivity index (χ2n) is 6.90. The van der Waals surface area contributed by atoms with Gasteiger partial charge in [-0.3, -0.25) is 10.2 Å². The van der Waals surface area contributed by atoms with Crippen LogP contribution >= 0.6 is 34.8 Å². The highest BCUT2D eigenvalue weighted by atomic mass is 35.6. The lowest BCUT2D eigenvalue weighted by Gasteiger charge is -2.41. The van der Waals surface area contributed by atoms with Crippen molar-refractivity contribution in [3.8, 4) is 0 Å². The lowest BCUT2D eigenvalue weighted by Crippen LogP contribution is -2.68. The van der Waals surface area contributed by atoms with Crippen molar-refractivity contribution >= 4 is 46.7 Å². The smallest absolute Gasteiger partial charge is 0.396 e. The molecule has 34 heavy (non-hydrogen) atoms. The van der Waals surface area contributed by atoms with Crippen LogP contribution in [-0.2, 0) is 32.2 Å². The predicted octanol–water partition coefficient (Wildman–Crippen LogP) is 3.31. The van der Waals surface area contributed by atoms with Gasteiger partial charge in [0.05, 0.1) is 13.2 Å². The zero-order valence-corrected chi connectivity index (χ0v) is 19.5. The van der Waals surface area contributed by atoms with Gasteiger partial charge in [0.1, 0.15) is 0 Å². The zero-order valence-electron chi connectivity index (χ0n) is 17.2. The Labute approximate surface area is 208 Å². The molecular formula is C21H20Cl3F2NO7. The van der Waals surface area contributed by atoms with Gasteiger partial charge in [-0.05, 0) is 11.1 Å². The van der Waals surface area contributed by atoms with Crippen molar-refractivity contribution in [2.75, 3.05) is 0 Å². The molecular weight excluding hydrogens is 523 g/mol. The average molecular weight is 543 g/mol. The lowest BCUT2D eigenvalue weighted by molar-refractivity contribution is -0.386. The number of carbonyl (C=O) groups excluding carboxylic acids is 1. The van der Waals surface area contributed by atoms with Gasteiger partial charge in [-0.25, -0.2) is 0 Å². The highest BCUT2D eigenvalue weighted by Gasteiger charge is 2.68. The Morgan fingerprint density at radius 1 is 0.971 bits per heavy atom. The fraction of sp³-hybridized carbons (Fsp3) is 0.333. The van der Waals surface area contributed by atoms with E-state index in [0.717, 1.165) is 0 Å². The third-order valence-electron chi connectivity index (χ3n) is 4.45. The molecule has 8 nitrogen and oxygen atoms in total. The van der Waals surface area contributed by atoms with E-state index < -0.39 is 46.4 Å². The summed E-state index contributed by atoms with van der Waals surface area (Å²) in [5.41, 5.74) is 0.780. The SMILES string of the molecule is N=C(O[C@@](F)(C(=O)F)[C@@](O)(OCc1ccccc1)[C@H](O)C(O)OCc1ccccc1)C(Cl)(Cl)Cl. The fourth-order valence-electron chi connectivity index (χ4n) is 2.63. The van der Waals surface area contributed by atoms with Crippen molar-refractivity contribution in [2.24, 2.45) is 0 Å². The molecule has 2 rings (SSSR count). The zero-order chi connectivity index (χ0) is 25.6. The minimum atomic E-state index is -4.67. The molecule has 13 heteroatoms. The van der Waals surface area contributed by atoms with Crippen molar-refractivity contribution in [3.05, 3.63) is 71.8 Å². The number of ether oxygens (including phenoxy) is 3. The van der Waals surface area contributed by atoms with Crippen LogP contribution in [0.4, 0.5) is 8.78 Å². The molecule has 0 fully saturated rings. The second-order valence-corrected chi connectivity index (χ2v) is 9.18. The minimum Gasteiger partial charge on any atom is -0.427 e. The molecule has 0 aromatic heterocycles. The standard InChI is InChI=1S/C21H20Cl3F2NO7/c22-21(23,24)18(27)34-19(26,17(25)30)20(31,33-12-14-9-5-2-6-10-14)15(28)16(29)32-11-13-7-3-1-4-8-13/h1-10,15-16,27-29,31H,11-12H2/t15-,16?,19+,20+/m1/s1. The van der Waals surface area contributed by atoms with E-state index in [9.17, 15) is 24.5 Å². The second kappa shape index (κ2) is 11.7. The Morgan fingerprint density at radius 2 is 1.44 bits per heavy atom. The molecule has 0 aliphatic carbocycles. The van der Waals surface area contributed by atoms with Gasteiger partial charge in [0.25, 0.3) is 9.58 Å². The first-order chi connectivity index (χ1) is 15.8. The number of halogens is 5. The Morgan fingerprint density at radius 3 is 1.88 bits per heavy atom. The summed E-state index contributed by atoms with van der Waals surface area (Å²) in [5.74, 6) is -10.3. The third kappa shape index (κ3) is 6.83. The van der Waals surface area contributed by atoms with E-state index in [-0.39, 0.29) is 12.2 Å². The van der Waals surface area contributed by atoms with E-state index in [0.29, 0.717) is 5.56 Å². The van der Waals surface area contributed by atoms with Crippen molar-refractivity contribution in [1.82, 2.24) is 0 Å². The number of nitrogens with one attached hydrogen (secondary N) is 1. The third-order valence-corrected chi connectivity index (χ3v) is 4.96. The van der Waals surface area contributed by atoms with Crippen molar-refractivity contribution in [1.29, 1.82) is 5.41 Å². The van der Waals surface area contributed by atoms with Crippen LogP contribution in [0.5, 0.6) is 0 Å². The summed E-state index contributed by atoms with van der Waals surface area (Å²) in [5, 5.41) is 39.2. The van der Waals surface area contributed by atoms with Crippen LogP contribution in [0.25, 0.3) is 0 Å². The summed E-state index contributed by atoms with van der Waals surface area (Å²) >= 11 is 16.2. The molecule has 0 saturated heterocycles. The molecule has 0 spiro atoms. The molecule has 0 saturated carbocycles. The highest BCUT2D eigenvalue weighted by molar-refractivity contribution is 6.76. The first-order valence-electron chi connectivity index (χ1n) is 9.46. The predicted molar refractivity (Wildman–Crippen MR) is 118 cm³/mol. The van der Waals surface area contributed by atoms with Crippen LogP contribution in [0.2, 0.25) is 0 Å². The van der Waals surface area contributed by atoms with Gasteiger partial charge in [0, 0.05) is 0 Å². The Bertz CT molecular complexity index is 968. The van der Waals surface area contributed by atoms with Gasteiger partial charge in [-0.15, -0.1) is 0 Å². The Kier molecular flexibility index (Phi) is 9.75. The van der Waals surface area contributed by atoms with Crippen molar-refractivity contribution < 1.29 is 43.1 Å². The van der Waals surface area contributed by atoms with E-state index in [1.165, 1.54) is 12.1 Å². The van der Waals surface area contributed by atoms with Crippen molar-refractivity contribution in [2.45, 2.75) is 41.0 Å². The van der Waals surface area contributed by atoms with Crippen LogP contribution in [0.15, 0.2) is 60.7 Å². The topological polar surface area (TPSA) is 129 Å². The number of hydrogen-bond donors (Lipinski definition) is 4. The number of aliphatic hydroxyl groups excluding tert-OH is 2. The quantitative estimate of drug-likeness (QED) is 0.113. The molecule has 186 valence electrons. The van der Waals surface area contributed by atoms with Crippen LogP contribution in [0.1, 0.15) is 11.1 Å². The molecule has 2 aromatic carbocycles. The number of alkyl halides is 4. The normalized spacial score (nSPS) is 17.2. The number of benzene rings is 2. The van der Waals surface area contributed by atoms with E-state index in [4.69, 9.17) is 49.7 Å². The molecule has 4 N–H and O–H groups in total. The summed E-state index contributed by atoms with van der Waals surface area (Å²) in [6, 6.07) is 12.7. The van der Waals surface area contributed by atoms with Crippen LogP contribution in [0, 0.1) is 5.41 Å². The molecule has 0 radical (unpaired) electrons. The maximum Gasteiger partial charge on any atom is 0.396 e. The van der Waals surface area contributed by atoms with Gasteiger partial charge in [-0.2, -0.15) is 8.78 Å².